The Hall–Kier alpha value is -1.65. The SMILES string of the molecule is CCOC(=O)C=C(CCCCCl)c1ccc(-c2ccc(F)cc2)s1. The summed E-state index contributed by atoms with van der Waals surface area (Å²) in [5.41, 5.74) is 1.92. The first-order valence-corrected chi connectivity index (χ1v) is 9.28. The third-order valence-corrected chi connectivity index (χ3v) is 4.94. The number of carbonyl (C=O) groups excluding carboxylic acids is 1. The molecular weight excluding hydrogens is 347 g/mol. The number of halogens is 2. The van der Waals surface area contributed by atoms with E-state index in [9.17, 15) is 9.18 Å². The van der Waals surface area contributed by atoms with E-state index in [-0.39, 0.29) is 11.8 Å². The van der Waals surface area contributed by atoms with Crippen LogP contribution in [0.5, 0.6) is 0 Å². The average Bonchev–Trinajstić information content (AvgIpc) is 3.05. The van der Waals surface area contributed by atoms with Crippen molar-refractivity contribution in [1.82, 2.24) is 0 Å². The molecule has 2 nitrogen and oxygen atoms in total. The second kappa shape index (κ2) is 9.60. The largest absolute Gasteiger partial charge is 0.463 e. The Morgan fingerprint density at radius 2 is 1.96 bits per heavy atom. The van der Waals surface area contributed by atoms with Crippen LogP contribution in [-0.4, -0.2) is 18.5 Å². The number of thiophene rings is 1. The van der Waals surface area contributed by atoms with Crippen molar-refractivity contribution in [3.05, 3.63) is 53.2 Å². The van der Waals surface area contributed by atoms with Crippen molar-refractivity contribution in [3.63, 3.8) is 0 Å². The van der Waals surface area contributed by atoms with Crippen LogP contribution < -0.4 is 0 Å². The van der Waals surface area contributed by atoms with Gasteiger partial charge >= 0.3 is 5.97 Å². The molecule has 5 heteroatoms. The van der Waals surface area contributed by atoms with E-state index in [1.807, 2.05) is 12.1 Å². The summed E-state index contributed by atoms with van der Waals surface area (Å²) in [5, 5.41) is 0. The molecule has 0 saturated carbocycles. The zero-order valence-electron chi connectivity index (χ0n) is 13.6. The molecule has 2 aromatic rings. The zero-order valence-corrected chi connectivity index (χ0v) is 15.1. The molecule has 0 unspecified atom stereocenters. The highest BCUT2D eigenvalue weighted by atomic mass is 35.5. The van der Waals surface area contributed by atoms with Crippen molar-refractivity contribution in [2.45, 2.75) is 26.2 Å². The van der Waals surface area contributed by atoms with Gasteiger partial charge in [0.05, 0.1) is 6.61 Å². The minimum atomic E-state index is -0.324. The molecule has 1 heterocycles. The van der Waals surface area contributed by atoms with Crippen molar-refractivity contribution in [2.75, 3.05) is 12.5 Å². The highest BCUT2D eigenvalue weighted by Gasteiger charge is 2.10. The Bertz CT molecular complexity index is 692. The predicted octanol–water partition coefficient (Wildman–Crippen LogP) is 5.91. The summed E-state index contributed by atoms with van der Waals surface area (Å²) >= 11 is 7.33. The Morgan fingerprint density at radius 1 is 1.21 bits per heavy atom. The molecule has 128 valence electrons. The summed E-state index contributed by atoms with van der Waals surface area (Å²) in [5.74, 6) is 0.0346. The predicted molar refractivity (Wildman–Crippen MR) is 98.9 cm³/mol. The smallest absolute Gasteiger partial charge is 0.331 e. The number of alkyl halides is 1. The number of esters is 1. The van der Waals surface area contributed by atoms with Gasteiger partial charge in [-0.15, -0.1) is 22.9 Å². The third kappa shape index (κ3) is 5.46. The van der Waals surface area contributed by atoms with Crippen LogP contribution in [0.4, 0.5) is 4.39 Å². The molecule has 0 aliphatic heterocycles. The molecule has 24 heavy (non-hydrogen) atoms. The maximum Gasteiger partial charge on any atom is 0.331 e. The summed E-state index contributed by atoms with van der Waals surface area (Å²) < 4.78 is 18.1. The van der Waals surface area contributed by atoms with Crippen LogP contribution in [0.15, 0.2) is 42.5 Å². The fourth-order valence-corrected chi connectivity index (χ4v) is 3.53. The molecule has 0 N–H and O–H groups in total. The van der Waals surface area contributed by atoms with Gasteiger partial charge < -0.3 is 4.74 Å². The van der Waals surface area contributed by atoms with Gasteiger partial charge in [0.2, 0.25) is 0 Å². The molecule has 0 saturated heterocycles. The van der Waals surface area contributed by atoms with Crippen LogP contribution >= 0.6 is 22.9 Å². The van der Waals surface area contributed by atoms with Crippen molar-refractivity contribution in [1.29, 1.82) is 0 Å². The minimum Gasteiger partial charge on any atom is -0.463 e. The lowest BCUT2D eigenvalue weighted by Gasteiger charge is -2.05. The first-order chi connectivity index (χ1) is 11.6. The number of carbonyl (C=O) groups is 1. The molecule has 0 amide bonds. The van der Waals surface area contributed by atoms with Gasteiger partial charge in [0.1, 0.15) is 5.82 Å². The lowest BCUT2D eigenvalue weighted by Crippen LogP contribution is -2.00. The van der Waals surface area contributed by atoms with E-state index >= 15 is 0 Å². The van der Waals surface area contributed by atoms with Crippen LogP contribution in [0, 0.1) is 5.82 Å². The van der Waals surface area contributed by atoms with Gasteiger partial charge in [0.15, 0.2) is 0 Å². The van der Waals surface area contributed by atoms with Crippen molar-refractivity contribution in [2.24, 2.45) is 0 Å². The van der Waals surface area contributed by atoms with E-state index in [1.54, 1.807) is 36.5 Å². The van der Waals surface area contributed by atoms with E-state index in [4.69, 9.17) is 16.3 Å². The Morgan fingerprint density at radius 3 is 2.62 bits per heavy atom. The number of unbranched alkanes of at least 4 members (excludes halogenated alkanes) is 1. The highest BCUT2D eigenvalue weighted by molar-refractivity contribution is 7.16. The van der Waals surface area contributed by atoms with Crippen LogP contribution in [0.2, 0.25) is 0 Å². The maximum atomic E-state index is 13.1. The summed E-state index contributed by atoms with van der Waals surface area (Å²) in [6, 6.07) is 10.4. The lowest BCUT2D eigenvalue weighted by molar-refractivity contribution is -0.137. The van der Waals surface area contributed by atoms with E-state index in [1.165, 1.54) is 12.1 Å². The van der Waals surface area contributed by atoms with E-state index in [0.717, 1.165) is 40.2 Å². The Balaban J connectivity index is 2.22. The lowest BCUT2D eigenvalue weighted by atomic mass is 10.1. The number of hydrogen-bond donors (Lipinski definition) is 0. The van der Waals surface area contributed by atoms with Crippen molar-refractivity contribution < 1.29 is 13.9 Å². The van der Waals surface area contributed by atoms with Gasteiger partial charge in [-0.25, -0.2) is 9.18 Å². The van der Waals surface area contributed by atoms with Crippen LogP contribution in [0.25, 0.3) is 16.0 Å². The molecule has 0 aliphatic carbocycles. The summed E-state index contributed by atoms with van der Waals surface area (Å²) in [7, 11) is 0. The second-order valence-electron chi connectivity index (χ2n) is 5.24. The fraction of sp³-hybridized carbons (Fsp3) is 0.316. The maximum absolute atomic E-state index is 13.1. The molecular formula is C19H20ClFO2S. The standard InChI is InChI=1S/C19H20ClFO2S/c1-2-23-19(22)13-15(5-3-4-12-20)18-11-10-17(24-18)14-6-8-16(21)9-7-14/h6-11,13H,2-5,12H2,1H3. The molecule has 0 atom stereocenters. The molecule has 0 spiro atoms. The van der Waals surface area contributed by atoms with Gasteiger partial charge in [-0.2, -0.15) is 0 Å². The van der Waals surface area contributed by atoms with Gasteiger partial charge in [-0.05, 0) is 61.6 Å². The molecule has 0 aliphatic rings. The zero-order chi connectivity index (χ0) is 17.4. The van der Waals surface area contributed by atoms with Crippen molar-refractivity contribution >= 4 is 34.5 Å². The molecule has 1 aromatic heterocycles. The quantitative estimate of drug-likeness (QED) is 0.251. The van der Waals surface area contributed by atoms with Crippen LogP contribution in [0.3, 0.4) is 0 Å². The fourth-order valence-electron chi connectivity index (χ4n) is 2.28. The minimum absolute atomic E-state index is 0.250. The number of allylic oxidation sites excluding steroid dienone is 1. The first kappa shape index (κ1) is 18.7. The summed E-state index contributed by atoms with van der Waals surface area (Å²) in [4.78, 5) is 13.9. The van der Waals surface area contributed by atoms with Gasteiger partial charge in [0, 0.05) is 21.7 Å². The monoisotopic (exact) mass is 366 g/mol. The van der Waals surface area contributed by atoms with E-state index < -0.39 is 0 Å². The Labute approximate surface area is 150 Å². The molecule has 2 rings (SSSR count). The summed E-state index contributed by atoms with van der Waals surface area (Å²) in [6.07, 6.45) is 4.16. The highest BCUT2D eigenvalue weighted by Crippen LogP contribution is 2.34. The summed E-state index contributed by atoms with van der Waals surface area (Å²) in [6.45, 7) is 2.15. The van der Waals surface area contributed by atoms with Crippen LogP contribution in [-0.2, 0) is 9.53 Å². The third-order valence-electron chi connectivity index (χ3n) is 3.46. The number of ether oxygens (including phenoxy) is 1. The topological polar surface area (TPSA) is 26.3 Å². The number of rotatable bonds is 8. The van der Waals surface area contributed by atoms with Crippen LogP contribution in [0.1, 0.15) is 31.1 Å². The Kier molecular flexibility index (Phi) is 7.47. The van der Waals surface area contributed by atoms with Gasteiger partial charge in [0.25, 0.3) is 0 Å². The molecule has 0 bridgehead atoms. The normalized spacial score (nSPS) is 11.5. The molecule has 1 aromatic carbocycles. The van der Waals surface area contributed by atoms with Gasteiger partial charge in [-0.1, -0.05) is 12.1 Å². The second-order valence-corrected chi connectivity index (χ2v) is 6.70. The number of benzene rings is 1. The van der Waals surface area contributed by atoms with Crippen molar-refractivity contribution in [3.8, 4) is 10.4 Å². The van der Waals surface area contributed by atoms with Gasteiger partial charge in [-0.3, -0.25) is 0 Å². The van der Waals surface area contributed by atoms with E-state index in [0.29, 0.717) is 12.5 Å². The molecule has 0 fully saturated rings. The average molecular weight is 367 g/mol. The van der Waals surface area contributed by atoms with E-state index in [2.05, 4.69) is 0 Å². The number of hydrogen-bond acceptors (Lipinski definition) is 3. The molecule has 0 radical (unpaired) electrons. The first-order valence-electron chi connectivity index (χ1n) is 7.93.